The molecule has 0 spiro atoms. The summed E-state index contributed by atoms with van der Waals surface area (Å²) in [6, 6.07) is 0. The van der Waals surface area contributed by atoms with Crippen LogP contribution < -0.4 is 21.5 Å². The Morgan fingerprint density at radius 1 is 1.07 bits per heavy atom. The summed E-state index contributed by atoms with van der Waals surface area (Å²) >= 11 is 0. The normalized spacial score (nSPS) is 12.1. The molecule has 160 valence electrons. The fraction of sp³-hybridized carbons (Fsp3) is 0.684. The Hall–Kier alpha value is -2.42. The predicted octanol–water partition coefficient (Wildman–Crippen LogP) is 1.13. The Bertz CT molecular complexity index is 557. The molecule has 0 aliphatic rings. The second-order valence-electron chi connectivity index (χ2n) is 7.59. The Kier molecular flexibility index (Phi) is 11.8. The Labute approximate surface area is 167 Å². The second kappa shape index (κ2) is 12.9. The van der Waals surface area contributed by atoms with E-state index in [1.54, 1.807) is 20.8 Å². The maximum atomic E-state index is 12.2. The number of rotatable bonds is 12. The lowest BCUT2D eigenvalue weighted by Gasteiger charge is -2.28. The first kappa shape index (κ1) is 25.6. The summed E-state index contributed by atoms with van der Waals surface area (Å²) in [6.45, 7) is 12.4. The molecule has 4 amide bonds. The van der Waals surface area contributed by atoms with Crippen LogP contribution >= 0.6 is 0 Å². The van der Waals surface area contributed by atoms with Crippen LogP contribution in [0.15, 0.2) is 12.7 Å². The van der Waals surface area contributed by atoms with Gasteiger partial charge in [0, 0.05) is 25.3 Å². The van der Waals surface area contributed by atoms with Gasteiger partial charge in [0.15, 0.2) is 0 Å². The van der Waals surface area contributed by atoms with Gasteiger partial charge in [-0.1, -0.05) is 34.3 Å². The van der Waals surface area contributed by atoms with Crippen LogP contribution in [0.3, 0.4) is 0 Å². The highest BCUT2D eigenvalue weighted by Gasteiger charge is 2.24. The number of amides is 4. The van der Waals surface area contributed by atoms with Crippen molar-refractivity contribution in [1.82, 2.24) is 26.6 Å². The number of hydrogen-bond acceptors (Lipinski definition) is 5. The molecule has 1 atom stereocenters. The molecular formula is C19H35N5O4. The summed E-state index contributed by atoms with van der Waals surface area (Å²) in [4.78, 5) is 46.8. The fourth-order valence-corrected chi connectivity index (χ4v) is 2.14. The molecular weight excluding hydrogens is 362 g/mol. The van der Waals surface area contributed by atoms with Crippen molar-refractivity contribution < 1.29 is 19.2 Å². The summed E-state index contributed by atoms with van der Waals surface area (Å²) in [5.41, 5.74) is 4.81. The van der Waals surface area contributed by atoms with Crippen molar-refractivity contribution in [3.63, 3.8) is 0 Å². The lowest BCUT2D eigenvalue weighted by atomic mass is 9.96. The maximum Gasteiger partial charge on any atom is 0.244 e. The first-order chi connectivity index (χ1) is 13.0. The van der Waals surface area contributed by atoms with Crippen LogP contribution in [-0.2, 0) is 19.2 Å². The number of carbonyl (C=O) groups is 4. The number of hydrogen-bond donors (Lipinski definition) is 4. The summed E-state index contributed by atoms with van der Waals surface area (Å²) < 4.78 is 0. The van der Waals surface area contributed by atoms with Gasteiger partial charge in [0.2, 0.25) is 23.6 Å². The zero-order valence-corrected chi connectivity index (χ0v) is 17.7. The number of hydrazine groups is 2. The summed E-state index contributed by atoms with van der Waals surface area (Å²) in [6.07, 6.45) is 3.47. The molecule has 0 aromatic rings. The molecule has 0 aliphatic carbocycles. The monoisotopic (exact) mass is 397 g/mol. The smallest absolute Gasteiger partial charge is 0.244 e. The minimum Gasteiger partial charge on any atom is -0.336 e. The molecule has 9 heteroatoms. The third kappa shape index (κ3) is 12.1. The van der Waals surface area contributed by atoms with E-state index in [0.29, 0.717) is 38.6 Å². The molecule has 1 unspecified atom stereocenters. The number of nitrogens with zero attached hydrogens (tertiary/aromatic N) is 1. The van der Waals surface area contributed by atoms with Gasteiger partial charge in [0.25, 0.3) is 0 Å². The van der Waals surface area contributed by atoms with Crippen LogP contribution in [0, 0.1) is 5.41 Å². The lowest BCUT2D eigenvalue weighted by molar-refractivity contribution is -0.139. The number of unbranched alkanes of at least 4 members (excludes halogenated alkanes) is 1. The Balaban J connectivity index is 4.69. The fourth-order valence-electron chi connectivity index (χ4n) is 2.14. The van der Waals surface area contributed by atoms with Crippen molar-refractivity contribution in [3.05, 3.63) is 12.7 Å². The minimum absolute atomic E-state index is 0.175. The highest BCUT2D eigenvalue weighted by molar-refractivity contribution is 5.87. The predicted molar refractivity (Wildman–Crippen MR) is 107 cm³/mol. The van der Waals surface area contributed by atoms with E-state index in [1.165, 1.54) is 12.0 Å². The Morgan fingerprint density at radius 3 is 2.21 bits per heavy atom. The van der Waals surface area contributed by atoms with Crippen molar-refractivity contribution in [3.8, 4) is 0 Å². The van der Waals surface area contributed by atoms with Crippen molar-refractivity contribution in [2.24, 2.45) is 5.41 Å². The van der Waals surface area contributed by atoms with Gasteiger partial charge in [-0.05, 0) is 31.8 Å². The molecule has 0 saturated heterocycles. The summed E-state index contributed by atoms with van der Waals surface area (Å²) in [7, 11) is 0. The molecule has 0 aliphatic heterocycles. The van der Waals surface area contributed by atoms with Crippen molar-refractivity contribution in [2.45, 2.75) is 72.9 Å². The third-order valence-corrected chi connectivity index (χ3v) is 3.66. The summed E-state index contributed by atoms with van der Waals surface area (Å²) in [5, 5.41) is 6.71. The van der Waals surface area contributed by atoms with Crippen molar-refractivity contribution in [1.29, 1.82) is 0 Å². The molecule has 0 radical (unpaired) electrons. The van der Waals surface area contributed by atoms with Gasteiger partial charge in [-0.2, -0.15) is 0 Å². The van der Waals surface area contributed by atoms with E-state index in [1.807, 2.05) is 6.92 Å². The van der Waals surface area contributed by atoms with E-state index >= 15 is 0 Å². The zero-order chi connectivity index (χ0) is 21.7. The molecule has 4 N–H and O–H groups in total. The van der Waals surface area contributed by atoms with Gasteiger partial charge in [0.1, 0.15) is 6.17 Å². The molecule has 0 fully saturated rings. The van der Waals surface area contributed by atoms with E-state index in [4.69, 9.17) is 0 Å². The third-order valence-electron chi connectivity index (χ3n) is 3.66. The van der Waals surface area contributed by atoms with E-state index in [0.717, 1.165) is 6.08 Å². The second-order valence-corrected chi connectivity index (χ2v) is 7.59. The topological polar surface area (TPSA) is 120 Å². The number of nitrogens with one attached hydrogen (secondary N) is 4. The first-order valence-electron chi connectivity index (χ1n) is 9.57. The van der Waals surface area contributed by atoms with E-state index in [2.05, 4.69) is 28.1 Å². The SMILES string of the molecule is C=CC(=O)NC(CCCCN(NC(=O)CCC)NC(=O)C(C)(C)C)NC(C)=O. The highest BCUT2D eigenvalue weighted by atomic mass is 16.2. The first-order valence-corrected chi connectivity index (χ1v) is 9.57. The van der Waals surface area contributed by atoms with E-state index < -0.39 is 11.6 Å². The summed E-state index contributed by atoms with van der Waals surface area (Å²) in [5.74, 6) is -1.00. The maximum absolute atomic E-state index is 12.2. The Morgan fingerprint density at radius 2 is 1.71 bits per heavy atom. The van der Waals surface area contributed by atoms with Gasteiger partial charge in [-0.25, -0.2) is 0 Å². The number of carbonyl (C=O) groups excluding carboxylic acids is 4. The lowest BCUT2D eigenvalue weighted by Crippen LogP contribution is -2.55. The van der Waals surface area contributed by atoms with E-state index in [-0.39, 0.29) is 23.6 Å². The van der Waals surface area contributed by atoms with Crippen LogP contribution in [0.2, 0.25) is 0 Å². The quantitative estimate of drug-likeness (QED) is 0.170. The molecule has 0 aromatic carbocycles. The van der Waals surface area contributed by atoms with Crippen LogP contribution in [0.5, 0.6) is 0 Å². The van der Waals surface area contributed by atoms with Crippen LogP contribution in [0.4, 0.5) is 0 Å². The van der Waals surface area contributed by atoms with Gasteiger partial charge < -0.3 is 10.6 Å². The molecule has 28 heavy (non-hydrogen) atoms. The molecule has 0 rings (SSSR count). The van der Waals surface area contributed by atoms with Crippen molar-refractivity contribution in [2.75, 3.05) is 6.54 Å². The molecule has 0 aromatic heterocycles. The molecule has 0 saturated carbocycles. The van der Waals surface area contributed by atoms with Crippen molar-refractivity contribution >= 4 is 23.6 Å². The van der Waals surface area contributed by atoms with Gasteiger partial charge in [-0.15, -0.1) is 5.12 Å². The molecule has 0 bridgehead atoms. The van der Waals surface area contributed by atoms with E-state index in [9.17, 15) is 19.2 Å². The van der Waals surface area contributed by atoms with Gasteiger partial charge in [0.05, 0.1) is 0 Å². The highest BCUT2D eigenvalue weighted by Crippen LogP contribution is 2.12. The van der Waals surface area contributed by atoms with Crippen LogP contribution in [0.25, 0.3) is 0 Å². The minimum atomic E-state index is -0.598. The zero-order valence-electron chi connectivity index (χ0n) is 17.7. The average Bonchev–Trinajstić information content (AvgIpc) is 2.56. The van der Waals surface area contributed by atoms with Gasteiger partial charge >= 0.3 is 0 Å². The molecule has 9 nitrogen and oxygen atoms in total. The van der Waals surface area contributed by atoms with Crippen LogP contribution in [-0.4, -0.2) is 41.5 Å². The molecule has 0 heterocycles. The largest absolute Gasteiger partial charge is 0.336 e. The average molecular weight is 398 g/mol. The van der Waals surface area contributed by atoms with Crippen LogP contribution in [0.1, 0.15) is 66.7 Å². The standard InChI is InChI=1S/C19H35N5O4/c1-7-11-17(27)22-24(23-18(28)19(4,5)6)13-10-9-12-15(20-14(3)25)21-16(26)8-2/h8,15H,2,7,9-13H2,1,3-6H3,(H,20,25)(H,21,26)(H,22,27)(H,23,28). The van der Waals surface area contributed by atoms with Gasteiger partial charge in [-0.3, -0.25) is 30.0 Å².